The third kappa shape index (κ3) is 19.6. The zero-order chi connectivity index (χ0) is 21.8. The van der Waals surface area contributed by atoms with Crippen molar-refractivity contribution in [3.05, 3.63) is 0 Å². The SMILES string of the molecule is CCCCCCCCCCCC(O)CC(CCCCCCCCCC)S(=O)(=O)O. The second-order valence-corrected chi connectivity index (χ2v) is 10.6. The van der Waals surface area contributed by atoms with Crippen LogP contribution in [0.3, 0.4) is 0 Å². The fraction of sp³-hybridized carbons (Fsp3) is 1.00. The Bertz CT molecular complexity index is 436. The highest BCUT2D eigenvalue weighted by molar-refractivity contribution is 7.86. The van der Waals surface area contributed by atoms with E-state index in [1.54, 1.807) is 0 Å². The molecule has 0 aromatic heterocycles. The fourth-order valence-electron chi connectivity index (χ4n) is 4.01. The molecule has 0 bridgehead atoms. The number of hydrogen-bond donors (Lipinski definition) is 2. The minimum atomic E-state index is -4.08. The first-order chi connectivity index (χ1) is 13.9. The smallest absolute Gasteiger partial charge is 0.267 e. The van der Waals surface area contributed by atoms with Crippen molar-refractivity contribution in [3.8, 4) is 0 Å². The monoisotopic (exact) mass is 434 g/mol. The second-order valence-electron chi connectivity index (χ2n) is 8.91. The van der Waals surface area contributed by atoms with Gasteiger partial charge in [0.05, 0.1) is 11.4 Å². The van der Waals surface area contributed by atoms with E-state index < -0.39 is 21.5 Å². The molecule has 0 aromatic carbocycles. The summed E-state index contributed by atoms with van der Waals surface area (Å²) in [6, 6.07) is 0. The van der Waals surface area contributed by atoms with Crippen LogP contribution in [0, 0.1) is 0 Å². The van der Waals surface area contributed by atoms with Gasteiger partial charge in [0.25, 0.3) is 10.1 Å². The lowest BCUT2D eigenvalue weighted by atomic mass is 10.0. The van der Waals surface area contributed by atoms with Crippen molar-refractivity contribution < 1.29 is 18.1 Å². The van der Waals surface area contributed by atoms with E-state index in [2.05, 4.69) is 13.8 Å². The highest BCUT2D eigenvalue weighted by Gasteiger charge is 2.25. The van der Waals surface area contributed by atoms with Crippen LogP contribution in [-0.2, 0) is 10.1 Å². The van der Waals surface area contributed by atoms with Crippen molar-refractivity contribution in [1.82, 2.24) is 0 Å². The number of unbranched alkanes of at least 4 members (excludes halogenated alkanes) is 15. The van der Waals surface area contributed by atoms with Crippen molar-refractivity contribution in [1.29, 1.82) is 0 Å². The molecular weight excluding hydrogens is 384 g/mol. The van der Waals surface area contributed by atoms with E-state index >= 15 is 0 Å². The van der Waals surface area contributed by atoms with Gasteiger partial charge in [-0.2, -0.15) is 8.42 Å². The molecule has 0 rings (SSSR count). The third-order valence-electron chi connectivity index (χ3n) is 5.98. The van der Waals surface area contributed by atoms with Gasteiger partial charge in [-0.05, 0) is 19.3 Å². The van der Waals surface area contributed by atoms with Gasteiger partial charge in [-0.1, -0.05) is 123 Å². The van der Waals surface area contributed by atoms with Crippen LogP contribution >= 0.6 is 0 Å². The van der Waals surface area contributed by atoms with Crippen LogP contribution in [0.5, 0.6) is 0 Å². The summed E-state index contributed by atoms with van der Waals surface area (Å²) in [6.45, 7) is 4.44. The van der Waals surface area contributed by atoms with Crippen LogP contribution in [0.4, 0.5) is 0 Å². The molecule has 0 spiro atoms. The Morgan fingerprint density at radius 1 is 0.586 bits per heavy atom. The lowest BCUT2D eigenvalue weighted by Crippen LogP contribution is -2.26. The maximum absolute atomic E-state index is 11.7. The molecule has 0 aliphatic carbocycles. The van der Waals surface area contributed by atoms with Crippen LogP contribution in [-0.4, -0.2) is 29.4 Å². The third-order valence-corrected chi connectivity index (χ3v) is 7.25. The zero-order valence-electron chi connectivity index (χ0n) is 19.4. The number of rotatable bonds is 22. The Morgan fingerprint density at radius 2 is 0.931 bits per heavy atom. The molecule has 0 heterocycles. The minimum Gasteiger partial charge on any atom is -0.393 e. The molecule has 0 saturated heterocycles. The van der Waals surface area contributed by atoms with Gasteiger partial charge in [-0.3, -0.25) is 4.55 Å². The van der Waals surface area contributed by atoms with Gasteiger partial charge < -0.3 is 5.11 Å². The van der Waals surface area contributed by atoms with Gasteiger partial charge >= 0.3 is 0 Å². The summed E-state index contributed by atoms with van der Waals surface area (Å²) in [4.78, 5) is 0. The van der Waals surface area contributed by atoms with Crippen molar-refractivity contribution in [2.45, 2.75) is 154 Å². The Kier molecular flexibility index (Phi) is 19.7. The Morgan fingerprint density at radius 3 is 1.31 bits per heavy atom. The number of hydrogen-bond acceptors (Lipinski definition) is 3. The topological polar surface area (TPSA) is 74.6 Å². The van der Waals surface area contributed by atoms with Crippen molar-refractivity contribution >= 4 is 10.1 Å². The molecule has 0 aliphatic heterocycles. The van der Waals surface area contributed by atoms with E-state index in [4.69, 9.17) is 0 Å². The molecule has 0 fully saturated rings. The van der Waals surface area contributed by atoms with Crippen LogP contribution in [0.1, 0.15) is 142 Å². The van der Waals surface area contributed by atoms with E-state index in [0.29, 0.717) is 12.8 Å². The largest absolute Gasteiger partial charge is 0.393 e. The summed E-state index contributed by atoms with van der Waals surface area (Å²) >= 11 is 0. The molecule has 29 heavy (non-hydrogen) atoms. The molecule has 0 aliphatic rings. The Balaban J connectivity index is 3.83. The summed E-state index contributed by atoms with van der Waals surface area (Å²) in [5, 5.41) is 9.42. The maximum atomic E-state index is 11.7. The average Bonchev–Trinajstić information content (AvgIpc) is 2.67. The number of aliphatic hydroxyl groups is 1. The first-order valence-corrected chi connectivity index (χ1v) is 14.1. The van der Waals surface area contributed by atoms with E-state index in [-0.39, 0.29) is 6.42 Å². The summed E-state index contributed by atoms with van der Waals surface area (Å²) in [7, 11) is -4.08. The molecular formula is C24H50O4S. The maximum Gasteiger partial charge on any atom is 0.267 e. The average molecular weight is 435 g/mol. The van der Waals surface area contributed by atoms with E-state index in [1.165, 1.54) is 77.0 Å². The summed E-state index contributed by atoms with van der Waals surface area (Å²) < 4.78 is 32.9. The summed E-state index contributed by atoms with van der Waals surface area (Å²) in [6.07, 6.45) is 20.9. The number of aliphatic hydroxyl groups excluding tert-OH is 1. The molecule has 2 atom stereocenters. The van der Waals surface area contributed by atoms with Gasteiger partial charge in [0.15, 0.2) is 0 Å². The molecule has 0 aromatic rings. The summed E-state index contributed by atoms with van der Waals surface area (Å²) in [5.41, 5.74) is 0. The van der Waals surface area contributed by atoms with Gasteiger partial charge in [-0.15, -0.1) is 0 Å². The van der Waals surface area contributed by atoms with Crippen molar-refractivity contribution in [2.75, 3.05) is 0 Å². The minimum absolute atomic E-state index is 0.173. The standard InChI is InChI=1S/C24H50O4S/c1-3-5-7-9-11-13-14-16-18-20-23(25)22-24(29(26,27)28)21-19-17-15-12-10-8-6-4-2/h23-25H,3-22H2,1-2H3,(H,26,27,28). The molecule has 0 radical (unpaired) electrons. The lowest BCUT2D eigenvalue weighted by molar-refractivity contribution is 0.146. The first kappa shape index (κ1) is 28.9. The quantitative estimate of drug-likeness (QED) is 0.137. The summed E-state index contributed by atoms with van der Waals surface area (Å²) in [5.74, 6) is 0. The lowest BCUT2D eigenvalue weighted by Gasteiger charge is -2.18. The fourth-order valence-corrected chi connectivity index (χ4v) is 4.94. The van der Waals surface area contributed by atoms with Crippen molar-refractivity contribution in [3.63, 3.8) is 0 Å². The van der Waals surface area contributed by atoms with Crippen LogP contribution < -0.4 is 0 Å². The van der Waals surface area contributed by atoms with Crippen LogP contribution in [0.2, 0.25) is 0 Å². The van der Waals surface area contributed by atoms with Crippen LogP contribution in [0.25, 0.3) is 0 Å². The van der Waals surface area contributed by atoms with E-state index in [9.17, 15) is 18.1 Å². The van der Waals surface area contributed by atoms with E-state index in [0.717, 1.165) is 32.1 Å². The molecule has 2 unspecified atom stereocenters. The predicted octanol–water partition coefficient (Wildman–Crippen LogP) is 7.45. The normalized spacial score (nSPS) is 14.2. The first-order valence-electron chi connectivity index (χ1n) is 12.6. The zero-order valence-corrected chi connectivity index (χ0v) is 20.2. The van der Waals surface area contributed by atoms with Gasteiger partial charge in [-0.25, -0.2) is 0 Å². The van der Waals surface area contributed by atoms with Gasteiger partial charge in [0.1, 0.15) is 0 Å². The molecule has 4 nitrogen and oxygen atoms in total. The van der Waals surface area contributed by atoms with E-state index in [1.807, 2.05) is 0 Å². The van der Waals surface area contributed by atoms with Gasteiger partial charge in [0.2, 0.25) is 0 Å². The van der Waals surface area contributed by atoms with Crippen LogP contribution in [0.15, 0.2) is 0 Å². The van der Waals surface area contributed by atoms with Crippen molar-refractivity contribution in [2.24, 2.45) is 0 Å². The molecule has 0 amide bonds. The Labute approximate surface area is 182 Å². The molecule has 0 saturated carbocycles. The molecule has 176 valence electrons. The van der Waals surface area contributed by atoms with Gasteiger partial charge in [0, 0.05) is 0 Å². The second kappa shape index (κ2) is 19.8. The predicted molar refractivity (Wildman–Crippen MR) is 125 cm³/mol. The highest BCUT2D eigenvalue weighted by atomic mass is 32.2. The molecule has 2 N–H and O–H groups in total. The Hall–Kier alpha value is -0.130. The molecule has 5 heteroatoms. The highest BCUT2D eigenvalue weighted by Crippen LogP contribution is 2.20.